The van der Waals surface area contributed by atoms with E-state index in [1.807, 2.05) is 0 Å². The van der Waals surface area contributed by atoms with E-state index in [-0.39, 0.29) is 5.97 Å². The third-order valence-electron chi connectivity index (χ3n) is 4.31. The number of halogens is 2. The first-order chi connectivity index (χ1) is 11.1. The van der Waals surface area contributed by atoms with Crippen LogP contribution in [0.3, 0.4) is 0 Å². The van der Waals surface area contributed by atoms with Gasteiger partial charge in [0.05, 0.1) is 7.11 Å². The van der Waals surface area contributed by atoms with Crippen LogP contribution in [-0.2, 0) is 9.53 Å². The SMILES string of the molecule is CCCCCCCC[C@@H](Br)[C@H](Br)CCCCCCCC(=O)OC. The largest absolute Gasteiger partial charge is 0.469 e. The number of esters is 1. The molecule has 0 fully saturated rings. The molecule has 0 saturated carbocycles. The van der Waals surface area contributed by atoms with Crippen LogP contribution >= 0.6 is 31.9 Å². The van der Waals surface area contributed by atoms with Crippen LogP contribution < -0.4 is 0 Å². The monoisotopic (exact) mass is 454 g/mol. The summed E-state index contributed by atoms with van der Waals surface area (Å²) in [7, 11) is 1.46. The zero-order valence-corrected chi connectivity index (χ0v) is 18.3. The molecular formula is C19H36Br2O2. The maximum absolute atomic E-state index is 11.0. The smallest absolute Gasteiger partial charge is 0.305 e. The molecule has 0 aliphatic carbocycles. The Kier molecular flexibility index (Phi) is 17.6. The molecule has 0 bridgehead atoms. The Morgan fingerprint density at radius 2 is 1.22 bits per heavy atom. The molecule has 0 heterocycles. The summed E-state index contributed by atoms with van der Waals surface area (Å²) in [5.74, 6) is -0.0812. The van der Waals surface area contributed by atoms with Crippen LogP contribution in [0, 0.1) is 0 Å². The molecule has 23 heavy (non-hydrogen) atoms. The molecule has 0 unspecified atom stereocenters. The average Bonchev–Trinajstić information content (AvgIpc) is 2.56. The number of unbranched alkanes of at least 4 members (excludes halogenated alkanes) is 9. The first-order valence-corrected chi connectivity index (χ1v) is 11.3. The predicted molar refractivity (Wildman–Crippen MR) is 108 cm³/mol. The topological polar surface area (TPSA) is 26.3 Å². The summed E-state index contributed by atoms with van der Waals surface area (Å²) in [5, 5.41) is 0. The highest BCUT2D eigenvalue weighted by Crippen LogP contribution is 2.25. The number of carbonyl (C=O) groups is 1. The van der Waals surface area contributed by atoms with Crippen molar-refractivity contribution in [3.05, 3.63) is 0 Å². The van der Waals surface area contributed by atoms with Crippen LogP contribution in [0.1, 0.15) is 96.8 Å². The van der Waals surface area contributed by atoms with Crippen LogP contribution in [0.15, 0.2) is 0 Å². The van der Waals surface area contributed by atoms with E-state index in [0.29, 0.717) is 16.1 Å². The summed E-state index contributed by atoms with van der Waals surface area (Å²) in [6.07, 6.45) is 17.2. The second-order valence-electron chi connectivity index (χ2n) is 6.47. The summed E-state index contributed by atoms with van der Waals surface area (Å²) >= 11 is 7.69. The van der Waals surface area contributed by atoms with Gasteiger partial charge in [0, 0.05) is 16.1 Å². The third kappa shape index (κ3) is 15.7. The van der Waals surface area contributed by atoms with Gasteiger partial charge in [-0.3, -0.25) is 4.79 Å². The lowest BCUT2D eigenvalue weighted by Gasteiger charge is -2.16. The number of carbonyl (C=O) groups excluding carboxylic acids is 1. The number of methoxy groups -OCH3 is 1. The maximum atomic E-state index is 11.0. The Bertz CT molecular complexity index is 272. The lowest BCUT2D eigenvalue weighted by molar-refractivity contribution is -0.140. The second kappa shape index (κ2) is 17.3. The predicted octanol–water partition coefficient (Wildman–Crippen LogP) is 7.17. The van der Waals surface area contributed by atoms with Crippen LogP contribution in [-0.4, -0.2) is 22.7 Å². The molecule has 0 rings (SSSR count). The molecule has 0 amide bonds. The highest BCUT2D eigenvalue weighted by Gasteiger charge is 2.14. The van der Waals surface area contributed by atoms with Crippen molar-refractivity contribution in [3.8, 4) is 0 Å². The Labute approximate surface area is 160 Å². The molecule has 0 N–H and O–H groups in total. The third-order valence-corrected chi connectivity index (χ3v) is 7.22. The van der Waals surface area contributed by atoms with Crippen molar-refractivity contribution in [2.24, 2.45) is 0 Å². The maximum Gasteiger partial charge on any atom is 0.305 e. The molecule has 0 spiro atoms. The first-order valence-electron chi connectivity index (χ1n) is 9.46. The van der Waals surface area contributed by atoms with Crippen LogP contribution in [0.2, 0.25) is 0 Å². The second-order valence-corrected chi connectivity index (χ2v) is 8.82. The Balaban J connectivity index is 3.40. The van der Waals surface area contributed by atoms with E-state index in [1.54, 1.807) is 0 Å². The Hall–Kier alpha value is 0.430. The van der Waals surface area contributed by atoms with Crippen LogP contribution in [0.25, 0.3) is 0 Å². The van der Waals surface area contributed by atoms with Gasteiger partial charge in [0.15, 0.2) is 0 Å². The van der Waals surface area contributed by atoms with Gasteiger partial charge in [-0.2, -0.15) is 0 Å². The number of ether oxygens (including phenoxy) is 1. The molecule has 2 atom stereocenters. The van der Waals surface area contributed by atoms with Crippen molar-refractivity contribution < 1.29 is 9.53 Å². The van der Waals surface area contributed by atoms with Gasteiger partial charge in [-0.05, 0) is 19.3 Å². The summed E-state index contributed by atoms with van der Waals surface area (Å²) in [6.45, 7) is 2.27. The van der Waals surface area contributed by atoms with Gasteiger partial charge in [-0.1, -0.05) is 103 Å². The minimum absolute atomic E-state index is 0.0812. The molecule has 0 aliphatic rings. The molecule has 2 nitrogen and oxygen atoms in total. The van der Waals surface area contributed by atoms with E-state index in [0.717, 1.165) is 12.8 Å². The summed E-state index contributed by atoms with van der Waals surface area (Å²) in [6, 6.07) is 0. The van der Waals surface area contributed by atoms with Crippen LogP contribution in [0.5, 0.6) is 0 Å². The van der Waals surface area contributed by atoms with Gasteiger partial charge in [-0.15, -0.1) is 0 Å². The van der Waals surface area contributed by atoms with Gasteiger partial charge >= 0.3 is 5.97 Å². The van der Waals surface area contributed by atoms with Gasteiger partial charge in [-0.25, -0.2) is 0 Å². The molecule has 138 valence electrons. The van der Waals surface area contributed by atoms with Gasteiger partial charge in [0.25, 0.3) is 0 Å². The zero-order valence-electron chi connectivity index (χ0n) is 15.1. The summed E-state index contributed by atoms with van der Waals surface area (Å²) < 4.78 is 4.64. The highest BCUT2D eigenvalue weighted by molar-refractivity contribution is 9.12. The molecule has 4 heteroatoms. The van der Waals surface area contributed by atoms with Gasteiger partial charge < -0.3 is 4.74 Å². The zero-order chi connectivity index (χ0) is 17.3. The van der Waals surface area contributed by atoms with Crippen molar-refractivity contribution in [2.45, 2.75) is 106 Å². The fourth-order valence-corrected chi connectivity index (χ4v) is 3.90. The van der Waals surface area contributed by atoms with Crippen LogP contribution in [0.4, 0.5) is 0 Å². The Morgan fingerprint density at radius 1 is 0.783 bits per heavy atom. The highest BCUT2D eigenvalue weighted by atomic mass is 79.9. The minimum Gasteiger partial charge on any atom is -0.469 e. The number of hydrogen-bond donors (Lipinski definition) is 0. The molecule has 0 aromatic rings. The van der Waals surface area contributed by atoms with E-state index in [4.69, 9.17) is 0 Å². The fourth-order valence-electron chi connectivity index (χ4n) is 2.72. The van der Waals surface area contributed by atoms with E-state index in [9.17, 15) is 4.79 Å². The summed E-state index contributed by atoms with van der Waals surface area (Å²) in [4.78, 5) is 12.2. The quantitative estimate of drug-likeness (QED) is 0.140. The van der Waals surface area contributed by atoms with E-state index in [1.165, 1.54) is 77.7 Å². The molecule has 0 aliphatic heterocycles. The van der Waals surface area contributed by atoms with Crippen molar-refractivity contribution >= 4 is 37.8 Å². The standard InChI is InChI=1S/C19H36Br2O2/c1-3-4-5-6-8-11-14-17(20)18(21)15-12-9-7-10-13-16-19(22)23-2/h17-18H,3-16H2,1-2H3/t17-,18-/m1/s1. The van der Waals surface area contributed by atoms with Crippen molar-refractivity contribution in [3.63, 3.8) is 0 Å². The van der Waals surface area contributed by atoms with Crippen molar-refractivity contribution in [1.29, 1.82) is 0 Å². The van der Waals surface area contributed by atoms with E-state index >= 15 is 0 Å². The van der Waals surface area contributed by atoms with E-state index in [2.05, 4.69) is 43.5 Å². The fraction of sp³-hybridized carbons (Fsp3) is 0.947. The van der Waals surface area contributed by atoms with Gasteiger partial charge in [0.1, 0.15) is 0 Å². The van der Waals surface area contributed by atoms with Crippen molar-refractivity contribution in [1.82, 2.24) is 0 Å². The number of rotatable bonds is 16. The van der Waals surface area contributed by atoms with E-state index < -0.39 is 0 Å². The summed E-state index contributed by atoms with van der Waals surface area (Å²) in [5.41, 5.74) is 0. The molecule has 0 saturated heterocycles. The number of hydrogen-bond acceptors (Lipinski definition) is 2. The van der Waals surface area contributed by atoms with Gasteiger partial charge in [0.2, 0.25) is 0 Å². The minimum atomic E-state index is -0.0812. The molecule has 0 radical (unpaired) electrons. The first kappa shape index (κ1) is 23.4. The molecule has 0 aromatic heterocycles. The lowest BCUT2D eigenvalue weighted by atomic mass is 10.0. The lowest BCUT2D eigenvalue weighted by Crippen LogP contribution is -2.13. The Morgan fingerprint density at radius 3 is 1.70 bits per heavy atom. The number of alkyl halides is 2. The van der Waals surface area contributed by atoms with Crippen molar-refractivity contribution in [2.75, 3.05) is 7.11 Å². The molecule has 0 aromatic carbocycles. The molecular weight excluding hydrogens is 420 g/mol. The average molecular weight is 456 g/mol. The normalized spacial score (nSPS) is 13.7.